The first-order valence-electron chi connectivity index (χ1n) is 5.71. The van der Waals surface area contributed by atoms with Crippen LogP contribution in [0.3, 0.4) is 0 Å². The van der Waals surface area contributed by atoms with Crippen LogP contribution in [0, 0.1) is 0 Å². The van der Waals surface area contributed by atoms with Gasteiger partial charge in [0.15, 0.2) is 0 Å². The summed E-state index contributed by atoms with van der Waals surface area (Å²) in [5, 5.41) is 11.3. The molecule has 4 heteroatoms. The lowest BCUT2D eigenvalue weighted by molar-refractivity contribution is 0.244. The van der Waals surface area contributed by atoms with Gasteiger partial charge in [-0.1, -0.05) is 11.6 Å². The molecule has 1 aliphatic rings. The predicted molar refractivity (Wildman–Crippen MR) is 67.2 cm³/mol. The second-order valence-corrected chi connectivity index (χ2v) is 4.96. The zero-order chi connectivity index (χ0) is 12.0. The summed E-state index contributed by atoms with van der Waals surface area (Å²) in [5.41, 5.74) is 3.06. The molecular formula is C13H14ClNO2. The number of hydrogen-bond donors (Lipinski definition) is 1. The average molecular weight is 252 g/mol. The van der Waals surface area contributed by atoms with Crippen LogP contribution in [0.25, 0.3) is 11.0 Å². The highest BCUT2D eigenvalue weighted by Crippen LogP contribution is 2.35. The van der Waals surface area contributed by atoms with Crippen LogP contribution < -0.4 is 0 Å². The Hall–Kier alpha value is -1.03. The van der Waals surface area contributed by atoms with Crippen molar-refractivity contribution < 1.29 is 9.52 Å². The van der Waals surface area contributed by atoms with Crippen LogP contribution in [-0.4, -0.2) is 23.6 Å². The molecule has 0 saturated carbocycles. The maximum absolute atomic E-state index is 9.37. The van der Waals surface area contributed by atoms with E-state index in [1.54, 1.807) is 0 Å². The Labute approximate surface area is 105 Å². The highest BCUT2D eigenvalue weighted by Gasteiger charge is 2.22. The molecule has 0 saturated heterocycles. The van der Waals surface area contributed by atoms with Crippen LogP contribution in [0.15, 0.2) is 16.5 Å². The third-order valence-electron chi connectivity index (χ3n) is 3.40. The zero-order valence-corrected chi connectivity index (χ0v) is 10.4. The lowest BCUT2D eigenvalue weighted by Crippen LogP contribution is -2.19. The summed E-state index contributed by atoms with van der Waals surface area (Å²) in [6.07, 6.45) is 0.921. The van der Waals surface area contributed by atoms with Gasteiger partial charge in [-0.05, 0) is 31.2 Å². The number of benzene rings is 1. The van der Waals surface area contributed by atoms with Gasteiger partial charge in [-0.25, -0.2) is 0 Å². The molecule has 1 aromatic carbocycles. The molecule has 1 N–H and O–H groups in total. The van der Waals surface area contributed by atoms with Gasteiger partial charge >= 0.3 is 0 Å². The van der Waals surface area contributed by atoms with Gasteiger partial charge in [0.05, 0.1) is 0 Å². The van der Waals surface area contributed by atoms with E-state index in [1.165, 1.54) is 0 Å². The largest absolute Gasteiger partial charge is 0.458 e. The third-order valence-corrected chi connectivity index (χ3v) is 3.76. The van der Waals surface area contributed by atoms with Gasteiger partial charge in [0, 0.05) is 29.1 Å². The minimum absolute atomic E-state index is 0.0606. The minimum Gasteiger partial charge on any atom is -0.458 e. The van der Waals surface area contributed by atoms with Gasteiger partial charge in [0.2, 0.25) is 0 Å². The number of rotatable bonds is 1. The normalized spacial score (nSPS) is 16.4. The molecule has 17 heavy (non-hydrogen) atoms. The fourth-order valence-corrected chi connectivity index (χ4v) is 2.79. The van der Waals surface area contributed by atoms with Crippen molar-refractivity contribution in [3.05, 3.63) is 34.0 Å². The number of likely N-dealkylation sites (N-methyl/N-ethyl adjacent to an activating group) is 1. The smallest absolute Gasteiger partial charge is 0.135 e. The van der Waals surface area contributed by atoms with Gasteiger partial charge < -0.3 is 14.4 Å². The Morgan fingerprint density at radius 3 is 3.00 bits per heavy atom. The van der Waals surface area contributed by atoms with E-state index in [4.69, 9.17) is 16.0 Å². The number of nitrogens with zero attached hydrogens (tertiary/aromatic N) is 1. The highest BCUT2D eigenvalue weighted by atomic mass is 35.5. The van der Waals surface area contributed by atoms with E-state index in [0.717, 1.165) is 46.6 Å². The average Bonchev–Trinajstić information content (AvgIpc) is 2.56. The van der Waals surface area contributed by atoms with Crippen molar-refractivity contribution in [3.8, 4) is 0 Å². The SMILES string of the molecule is CN1CCc2c(Cl)ccc3oc(CO)c(c23)C1. The lowest BCUT2D eigenvalue weighted by atomic mass is 10.0. The maximum atomic E-state index is 9.37. The number of hydrogen-bond acceptors (Lipinski definition) is 3. The zero-order valence-electron chi connectivity index (χ0n) is 9.66. The molecule has 3 nitrogen and oxygen atoms in total. The number of furan rings is 1. The van der Waals surface area contributed by atoms with E-state index in [2.05, 4.69) is 11.9 Å². The van der Waals surface area contributed by atoms with Gasteiger partial charge in [0.1, 0.15) is 18.0 Å². The van der Waals surface area contributed by atoms with E-state index in [9.17, 15) is 5.11 Å². The Morgan fingerprint density at radius 2 is 2.24 bits per heavy atom. The van der Waals surface area contributed by atoms with Crippen LogP contribution >= 0.6 is 11.6 Å². The fraction of sp³-hybridized carbons (Fsp3) is 0.385. The minimum atomic E-state index is -0.0606. The Kier molecular flexibility index (Phi) is 2.62. The number of aliphatic hydroxyl groups is 1. The van der Waals surface area contributed by atoms with Crippen LogP contribution in [0.4, 0.5) is 0 Å². The molecular weight excluding hydrogens is 238 g/mol. The summed E-state index contributed by atoms with van der Waals surface area (Å²) in [7, 11) is 2.07. The standard InChI is InChI=1S/C13H14ClNO2/c1-15-5-4-8-10(14)2-3-11-13(8)9(6-15)12(7-16)17-11/h2-3,16H,4-7H2,1H3. The van der Waals surface area contributed by atoms with Crippen LogP contribution in [-0.2, 0) is 19.6 Å². The van der Waals surface area contributed by atoms with Gasteiger partial charge in [0.25, 0.3) is 0 Å². The fourth-order valence-electron chi connectivity index (χ4n) is 2.54. The molecule has 0 unspecified atom stereocenters. The van der Waals surface area contributed by atoms with Gasteiger partial charge in [-0.15, -0.1) is 0 Å². The molecule has 2 heterocycles. The summed E-state index contributed by atoms with van der Waals surface area (Å²) in [6, 6.07) is 3.76. The first-order chi connectivity index (χ1) is 8.20. The highest BCUT2D eigenvalue weighted by molar-refractivity contribution is 6.32. The topological polar surface area (TPSA) is 36.6 Å². The summed E-state index contributed by atoms with van der Waals surface area (Å²) >= 11 is 6.26. The van der Waals surface area contributed by atoms with Gasteiger partial charge in [-0.3, -0.25) is 0 Å². The number of halogens is 1. The van der Waals surface area contributed by atoms with E-state index in [0.29, 0.717) is 5.76 Å². The molecule has 2 aromatic rings. The van der Waals surface area contributed by atoms with Crippen LogP contribution in [0.1, 0.15) is 16.9 Å². The first kappa shape index (κ1) is 11.1. The van der Waals surface area contributed by atoms with Gasteiger partial charge in [-0.2, -0.15) is 0 Å². The van der Waals surface area contributed by atoms with Crippen molar-refractivity contribution in [2.45, 2.75) is 19.6 Å². The van der Waals surface area contributed by atoms with Crippen molar-refractivity contribution >= 4 is 22.6 Å². The molecule has 0 aliphatic carbocycles. The Balaban J connectivity index is 2.35. The van der Waals surface area contributed by atoms with Crippen LogP contribution in [0.5, 0.6) is 0 Å². The molecule has 0 fully saturated rings. The van der Waals surface area contributed by atoms with E-state index < -0.39 is 0 Å². The van der Waals surface area contributed by atoms with E-state index in [1.807, 2.05) is 12.1 Å². The van der Waals surface area contributed by atoms with E-state index >= 15 is 0 Å². The van der Waals surface area contributed by atoms with Crippen molar-refractivity contribution in [2.75, 3.05) is 13.6 Å². The maximum Gasteiger partial charge on any atom is 0.135 e. The first-order valence-corrected chi connectivity index (χ1v) is 6.09. The molecule has 3 rings (SSSR count). The van der Waals surface area contributed by atoms with Crippen molar-refractivity contribution in [1.29, 1.82) is 0 Å². The molecule has 90 valence electrons. The summed E-state index contributed by atoms with van der Waals surface area (Å²) in [5.74, 6) is 0.664. The van der Waals surface area contributed by atoms with Crippen molar-refractivity contribution in [3.63, 3.8) is 0 Å². The Morgan fingerprint density at radius 1 is 1.41 bits per heavy atom. The summed E-state index contributed by atoms with van der Waals surface area (Å²) < 4.78 is 5.68. The molecule has 0 spiro atoms. The number of aliphatic hydroxyl groups excluding tert-OH is 1. The monoisotopic (exact) mass is 251 g/mol. The molecule has 0 amide bonds. The molecule has 0 bridgehead atoms. The van der Waals surface area contributed by atoms with Crippen LogP contribution in [0.2, 0.25) is 5.02 Å². The lowest BCUT2D eigenvalue weighted by Gasteiger charge is -2.13. The molecule has 1 aromatic heterocycles. The quantitative estimate of drug-likeness (QED) is 0.846. The second kappa shape index (κ2) is 4.02. The molecule has 1 aliphatic heterocycles. The van der Waals surface area contributed by atoms with E-state index in [-0.39, 0.29) is 6.61 Å². The second-order valence-electron chi connectivity index (χ2n) is 4.55. The van der Waals surface area contributed by atoms with Crippen molar-refractivity contribution in [1.82, 2.24) is 4.90 Å². The summed E-state index contributed by atoms with van der Waals surface area (Å²) in [4.78, 5) is 2.22. The summed E-state index contributed by atoms with van der Waals surface area (Å²) in [6.45, 7) is 1.71. The Bertz CT molecular complexity index is 576. The third kappa shape index (κ3) is 1.66. The molecule has 0 atom stereocenters. The predicted octanol–water partition coefficient (Wildman–Crippen LogP) is 2.57. The molecule has 0 radical (unpaired) electrons. The van der Waals surface area contributed by atoms with Crippen molar-refractivity contribution in [2.24, 2.45) is 0 Å².